The molecule has 2 rings (SSSR count). The maximum absolute atomic E-state index is 11.4. The number of nitriles is 1. The highest BCUT2D eigenvalue weighted by atomic mass is 16.5. The third-order valence-corrected chi connectivity index (χ3v) is 3.51. The Hall–Kier alpha value is -1.86. The molecule has 0 radical (unpaired) electrons. The monoisotopic (exact) mass is 259 g/mol. The number of hydrogen-bond acceptors (Lipinski definition) is 4. The Morgan fingerprint density at radius 2 is 2.21 bits per heavy atom. The molecule has 4 nitrogen and oxygen atoms in total. The normalized spacial score (nSPS) is 23.9. The standard InChI is InChI=1S/C15H17NO3/c1-9(17)6-12-11-7-10(8-16)4-5-13(11)19-15(2,3)14(12)18/h4-5,7,12,14,18H,6H2,1-3H3/t12-,14+/m0/s1. The Bertz CT molecular complexity index is 557. The Kier molecular flexibility index (Phi) is 3.34. The number of carbonyl (C=O) groups excluding carboxylic acids is 1. The van der Waals surface area contributed by atoms with Crippen molar-refractivity contribution in [3.8, 4) is 11.8 Å². The summed E-state index contributed by atoms with van der Waals surface area (Å²) in [7, 11) is 0. The van der Waals surface area contributed by atoms with Gasteiger partial charge in [0.05, 0.1) is 11.6 Å². The quantitative estimate of drug-likeness (QED) is 0.883. The number of nitrogens with zero attached hydrogens (tertiary/aromatic N) is 1. The molecule has 1 aromatic carbocycles. The molecular formula is C15H17NO3. The molecule has 1 aromatic rings. The van der Waals surface area contributed by atoms with Crippen LogP contribution in [-0.2, 0) is 4.79 Å². The molecule has 0 saturated heterocycles. The Morgan fingerprint density at radius 1 is 1.53 bits per heavy atom. The van der Waals surface area contributed by atoms with E-state index in [1.54, 1.807) is 32.0 Å². The van der Waals surface area contributed by atoms with Crippen LogP contribution < -0.4 is 4.74 Å². The second kappa shape index (κ2) is 4.67. The lowest BCUT2D eigenvalue weighted by molar-refractivity contribution is -0.120. The number of ether oxygens (including phenoxy) is 1. The van der Waals surface area contributed by atoms with E-state index in [9.17, 15) is 9.90 Å². The summed E-state index contributed by atoms with van der Waals surface area (Å²) in [5.41, 5.74) is 0.491. The van der Waals surface area contributed by atoms with E-state index in [4.69, 9.17) is 10.00 Å². The van der Waals surface area contributed by atoms with Gasteiger partial charge in [-0.05, 0) is 39.0 Å². The van der Waals surface area contributed by atoms with E-state index in [-0.39, 0.29) is 18.1 Å². The molecule has 19 heavy (non-hydrogen) atoms. The van der Waals surface area contributed by atoms with Crippen LogP contribution in [0.3, 0.4) is 0 Å². The van der Waals surface area contributed by atoms with Crippen LogP contribution in [0.4, 0.5) is 0 Å². The number of ketones is 1. The first-order valence-electron chi connectivity index (χ1n) is 6.25. The molecule has 0 fully saturated rings. The van der Waals surface area contributed by atoms with E-state index in [0.29, 0.717) is 11.3 Å². The number of benzene rings is 1. The van der Waals surface area contributed by atoms with Crippen molar-refractivity contribution >= 4 is 5.78 Å². The molecule has 0 aromatic heterocycles. The van der Waals surface area contributed by atoms with Crippen LogP contribution in [0.1, 0.15) is 44.2 Å². The molecule has 1 heterocycles. The number of Topliss-reactive ketones (excluding diaryl/α,β-unsaturated/α-hetero) is 1. The van der Waals surface area contributed by atoms with Crippen molar-refractivity contribution in [2.45, 2.75) is 44.8 Å². The van der Waals surface area contributed by atoms with Crippen LogP contribution in [0.25, 0.3) is 0 Å². The molecule has 1 aliphatic rings. The van der Waals surface area contributed by atoms with Crippen molar-refractivity contribution in [1.82, 2.24) is 0 Å². The Balaban J connectivity index is 2.52. The predicted molar refractivity (Wildman–Crippen MR) is 69.9 cm³/mol. The Morgan fingerprint density at radius 3 is 2.79 bits per heavy atom. The zero-order valence-corrected chi connectivity index (χ0v) is 11.3. The molecule has 0 spiro atoms. The lowest BCUT2D eigenvalue weighted by Gasteiger charge is -2.42. The molecule has 4 heteroatoms. The summed E-state index contributed by atoms with van der Waals surface area (Å²) in [4.78, 5) is 11.4. The summed E-state index contributed by atoms with van der Waals surface area (Å²) in [6.45, 7) is 5.10. The van der Waals surface area contributed by atoms with Gasteiger partial charge in [-0.1, -0.05) is 0 Å². The van der Waals surface area contributed by atoms with Gasteiger partial charge in [0, 0.05) is 17.9 Å². The van der Waals surface area contributed by atoms with Gasteiger partial charge in [-0.25, -0.2) is 0 Å². The van der Waals surface area contributed by atoms with Gasteiger partial charge < -0.3 is 14.6 Å². The average Bonchev–Trinajstić information content (AvgIpc) is 2.34. The van der Waals surface area contributed by atoms with Gasteiger partial charge in [-0.15, -0.1) is 0 Å². The van der Waals surface area contributed by atoms with Gasteiger partial charge in [0.1, 0.15) is 23.2 Å². The van der Waals surface area contributed by atoms with Crippen LogP contribution in [0.2, 0.25) is 0 Å². The molecule has 0 aliphatic carbocycles. The van der Waals surface area contributed by atoms with Gasteiger partial charge >= 0.3 is 0 Å². The van der Waals surface area contributed by atoms with Gasteiger partial charge in [-0.3, -0.25) is 0 Å². The highest BCUT2D eigenvalue weighted by Gasteiger charge is 2.43. The number of rotatable bonds is 2. The zero-order valence-electron chi connectivity index (χ0n) is 11.3. The van der Waals surface area contributed by atoms with Crippen molar-refractivity contribution in [2.24, 2.45) is 0 Å². The number of carbonyl (C=O) groups is 1. The Labute approximate surface area is 112 Å². The summed E-state index contributed by atoms with van der Waals surface area (Å²) in [6, 6.07) is 7.17. The van der Waals surface area contributed by atoms with Gasteiger partial charge in [0.25, 0.3) is 0 Å². The second-order valence-corrected chi connectivity index (χ2v) is 5.53. The molecule has 0 amide bonds. The largest absolute Gasteiger partial charge is 0.485 e. The molecule has 1 N–H and O–H groups in total. The molecule has 1 aliphatic heterocycles. The molecule has 100 valence electrons. The van der Waals surface area contributed by atoms with Crippen molar-refractivity contribution in [3.05, 3.63) is 29.3 Å². The maximum atomic E-state index is 11.4. The average molecular weight is 259 g/mol. The lowest BCUT2D eigenvalue weighted by atomic mass is 9.78. The summed E-state index contributed by atoms with van der Waals surface area (Å²) < 4.78 is 5.77. The molecule has 2 atom stereocenters. The van der Waals surface area contributed by atoms with Crippen LogP contribution >= 0.6 is 0 Å². The minimum atomic E-state index is -0.780. The summed E-state index contributed by atoms with van der Waals surface area (Å²) in [5, 5.41) is 19.4. The van der Waals surface area contributed by atoms with E-state index in [1.807, 2.05) is 0 Å². The van der Waals surface area contributed by atoms with Gasteiger partial charge in [-0.2, -0.15) is 5.26 Å². The van der Waals surface area contributed by atoms with Crippen LogP contribution in [0, 0.1) is 11.3 Å². The van der Waals surface area contributed by atoms with E-state index in [2.05, 4.69) is 6.07 Å². The van der Waals surface area contributed by atoms with Crippen LogP contribution in [0.15, 0.2) is 18.2 Å². The SMILES string of the molecule is CC(=O)C[C@H]1c2cc(C#N)ccc2OC(C)(C)[C@@H]1O. The molecule has 0 unspecified atom stereocenters. The van der Waals surface area contributed by atoms with Crippen molar-refractivity contribution in [3.63, 3.8) is 0 Å². The van der Waals surface area contributed by atoms with E-state index in [1.165, 1.54) is 6.92 Å². The summed E-state index contributed by atoms with van der Waals surface area (Å²) in [6.07, 6.45) is -0.534. The fourth-order valence-corrected chi connectivity index (χ4v) is 2.53. The van der Waals surface area contributed by atoms with E-state index >= 15 is 0 Å². The number of fused-ring (bicyclic) bond motifs is 1. The molecule has 0 bridgehead atoms. The first-order valence-corrected chi connectivity index (χ1v) is 6.25. The molecular weight excluding hydrogens is 242 g/mol. The summed E-state index contributed by atoms with van der Waals surface area (Å²) >= 11 is 0. The van der Waals surface area contributed by atoms with Gasteiger partial charge in [0.2, 0.25) is 0 Å². The lowest BCUT2D eigenvalue weighted by Crippen LogP contribution is -2.49. The second-order valence-electron chi connectivity index (χ2n) is 5.53. The van der Waals surface area contributed by atoms with Crippen molar-refractivity contribution in [2.75, 3.05) is 0 Å². The van der Waals surface area contributed by atoms with Crippen LogP contribution in [-0.4, -0.2) is 22.6 Å². The highest BCUT2D eigenvalue weighted by Crippen LogP contribution is 2.43. The predicted octanol–water partition coefficient (Wildman–Crippen LogP) is 2.15. The maximum Gasteiger partial charge on any atom is 0.130 e. The number of aliphatic hydroxyl groups excluding tert-OH is 1. The van der Waals surface area contributed by atoms with Crippen molar-refractivity contribution in [1.29, 1.82) is 5.26 Å². The third kappa shape index (κ3) is 2.47. The highest BCUT2D eigenvalue weighted by molar-refractivity contribution is 5.77. The van der Waals surface area contributed by atoms with E-state index < -0.39 is 11.7 Å². The van der Waals surface area contributed by atoms with Crippen LogP contribution in [0.5, 0.6) is 5.75 Å². The topological polar surface area (TPSA) is 70.3 Å². The minimum absolute atomic E-state index is 0.00932. The summed E-state index contributed by atoms with van der Waals surface area (Å²) in [5.74, 6) is 0.320. The zero-order chi connectivity index (χ0) is 14.2. The van der Waals surface area contributed by atoms with E-state index in [0.717, 1.165) is 5.56 Å². The molecule has 0 saturated carbocycles. The first kappa shape index (κ1) is 13.6. The number of aliphatic hydroxyl groups is 1. The fourth-order valence-electron chi connectivity index (χ4n) is 2.53. The van der Waals surface area contributed by atoms with Gasteiger partial charge in [0.15, 0.2) is 0 Å². The minimum Gasteiger partial charge on any atom is -0.485 e. The fraction of sp³-hybridized carbons (Fsp3) is 0.467. The van der Waals surface area contributed by atoms with Crippen molar-refractivity contribution < 1.29 is 14.6 Å². The smallest absolute Gasteiger partial charge is 0.130 e. The third-order valence-electron chi connectivity index (χ3n) is 3.51. The number of hydrogen-bond donors (Lipinski definition) is 1. The first-order chi connectivity index (χ1) is 8.85.